The van der Waals surface area contributed by atoms with Gasteiger partial charge in [-0.2, -0.15) is 0 Å². The summed E-state index contributed by atoms with van der Waals surface area (Å²) in [4.78, 5) is 2.06. The molecule has 1 unspecified atom stereocenters. The number of likely N-dealkylation sites (N-methyl/N-ethyl adjacent to an activating group) is 1. The van der Waals surface area contributed by atoms with E-state index in [1.807, 2.05) is 32.2 Å². The summed E-state index contributed by atoms with van der Waals surface area (Å²) in [7, 11) is 3.66. The van der Waals surface area contributed by atoms with Gasteiger partial charge in [0.05, 0.1) is 6.10 Å². The Morgan fingerprint density at radius 3 is 2.88 bits per heavy atom. The zero-order chi connectivity index (χ0) is 12.8. The molecule has 0 radical (unpaired) electrons. The van der Waals surface area contributed by atoms with Crippen LogP contribution in [-0.4, -0.2) is 37.8 Å². The number of oxime groups is 1. The predicted molar refractivity (Wildman–Crippen MR) is 68.7 cm³/mol. The largest absolute Gasteiger partial charge is 0.409 e. The number of hydrogen-bond donors (Lipinski definition) is 2. The molecular weight excluding hydrogens is 218 g/mol. The molecule has 0 aliphatic rings. The Morgan fingerprint density at radius 1 is 1.59 bits per heavy atom. The number of nitrogens with two attached hydrogens (primary N) is 1. The lowest BCUT2D eigenvalue weighted by molar-refractivity contribution is 0.124. The van der Waals surface area contributed by atoms with Crippen LogP contribution in [0, 0.1) is 0 Å². The molecule has 0 aromatic heterocycles. The second-order valence-electron chi connectivity index (χ2n) is 3.96. The van der Waals surface area contributed by atoms with Crippen molar-refractivity contribution < 1.29 is 9.94 Å². The van der Waals surface area contributed by atoms with Gasteiger partial charge in [0.25, 0.3) is 0 Å². The van der Waals surface area contributed by atoms with Crippen LogP contribution in [0.25, 0.3) is 0 Å². The third-order valence-electron chi connectivity index (χ3n) is 2.62. The molecule has 3 N–H and O–H groups in total. The normalized spacial score (nSPS) is 13.5. The molecule has 0 saturated carbocycles. The van der Waals surface area contributed by atoms with Crippen LogP contribution < -0.4 is 10.6 Å². The monoisotopic (exact) mass is 237 g/mol. The molecule has 0 spiro atoms. The highest BCUT2D eigenvalue weighted by Gasteiger charge is 2.07. The van der Waals surface area contributed by atoms with Crippen molar-refractivity contribution >= 4 is 11.5 Å². The van der Waals surface area contributed by atoms with Gasteiger partial charge in [-0.1, -0.05) is 17.3 Å². The SMILES string of the molecule is COC(C)CN(C)c1cccc(/C(N)=N/O)c1. The predicted octanol–water partition coefficient (Wildman–Crippen LogP) is 1.25. The molecule has 0 aliphatic heterocycles. The van der Waals surface area contributed by atoms with E-state index in [-0.39, 0.29) is 11.9 Å². The van der Waals surface area contributed by atoms with Crippen LogP contribution in [0.4, 0.5) is 5.69 Å². The number of nitrogens with zero attached hydrogens (tertiary/aromatic N) is 2. The first-order chi connectivity index (χ1) is 8.08. The molecule has 17 heavy (non-hydrogen) atoms. The number of methoxy groups -OCH3 is 1. The lowest BCUT2D eigenvalue weighted by Crippen LogP contribution is -2.28. The summed E-state index contributed by atoms with van der Waals surface area (Å²) < 4.78 is 5.21. The van der Waals surface area contributed by atoms with Crippen molar-refractivity contribution in [1.82, 2.24) is 0 Å². The molecule has 1 rings (SSSR count). The van der Waals surface area contributed by atoms with Crippen molar-refractivity contribution in [2.24, 2.45) is 10.9 Å². The molecule has 94 valence electrons. The summed E-state index contributed by atoms with van der Waals surface area (Å²) >= 11 is 0. The topological polar surface area (TPSA) is 71.1 Å². The minimum Gasteiger partial charge on any atom is -0.409 e. The molecule has 0 aliphatic carbocycles. The minimum atomic E-state index is 0.111. The Kier molecular flexibility index (Phi) is 4.78. The third kappa shape index (κ3) is 3.64. The highest BCUT2D eigenvalue weighted by Crippen LogP contribution is 2.15. The highest BCUT2D eigenvalue weighted by molar-refractivity contribution is 5.97. The van der Waals surface area contributed by atoms with Gasteiger partial charge in [0.15, 0.2) is 5.84 Å². The fraction of sp³-hybridized carbons (Fsp3) is 0.417. The van der Waals surface area contributed by atoms with E-state index in [1.54, 1.807) is 13.2 Å². The summed E-state index contributed by atoms with van der Waals surface area (Å²) in [5, 5.41) is 11.6. The van der Waals surface area contributed by atoms with Gasteiger partial charge < -0.3 is 20.6 Å². The zero-order valence-electron chi connectivity index (χ0n) is 10.4. The van der Waals surface area contributed by atoms with Gasteiger partial charge in [-0.15, -0.1) is 0 Å². The Balaban J connectivity index is 2.84. The molecule has 5 heteroatoms. The molecule has 1 aromatic carbocycles. The summed E-state index contributed by atoms with van der Waals surface area (Å²) in [6.45, 7) is 2.78. The van der Waals surface area contributed by atoms with E-state index in [2.05, 4.69) is 10.1 Å². The van der Waals surface area contributed by atoms with Gasteiger partial charge in [0.1, 0.15) is 0 Å². The first-order valence-corrected chi connectivity index (χ1v) is 5.40. The van der Waals surface area contributed by atoms with Crippen molar-refractivity contribution in [3.63, 3.8) is 0 Å². The number of anilines is 1. The van der Waals surface area contributed by atoms with Gasteiger partial charge in [-0.25, -0.2) is 0 Å². The first kappa shape index (κ1) is 13.3. The van der Waals surface area contributed by atoms with Crippen molar-refractivity contribution in [3.05, 3.63) is 29.8 Å². The zero-order valence-corrected chi connectivity index (χ0v) is 10.4. The Bertz CT molecular complexity index is 393. The van der Waals surface area contributed by atoms with E-state index in [9.17, 15) is 0 Å². The first-order valence-electron chi connectivity index (χ1n) is 5.40. The standard InChI is InChI=1S/C12H19N3O2/c1-9(17-3)8-15(2)11-6-4-5-10(7-11)12(13)14-16/h4-7,9,16H,8H2,1-3H3,(H2,13,14). The second-order valence-corrected chi connectivity index (χ2v) is 3.96. The van der Waals surface area contributed by atoms with Crippen molar-refractivity contribution in [1.29, 1.82) is 0 Å². The summed E-state index contributed by atoms with van der Waals surface area (Å²) in [6.07, 6.45) is 0.146. The average molecular weight is 237 g/mol. The summed E-state index contributed by atoms with van der Waals surface area (Å²) in [5.41, 5.74) is 7.24. The van der Waals surface area contributed by atoms with Gasteiger partial charge in [0, 0.05) is 32.0 Å². The number of rotatable bonds is 5. The fourth-order valence-corrected chi connectivity index (χ4v) is 1.53. The maximum Gasteiger partial charge on any atom is 0.170 e. The lowest BCUT2D eigenvalue weighted by Gasteiger charge is -2.23. The van der Waals surface area contributed by atoms with Crippen molar-refractivity contribution in [3.8, 4) is 0 Å². The molecule has 0 saturated heterocycles. The van der Waals surface area contributed by atoms with Crippen LogP contribution in [0.5, 0.6) is 0 Å². The van der Waals surface area contributed by atoms with Crippen LogP contribution in [-0.2, 0) is 4.74 Å². The van der Waals surface area contributed by atoms with E-state index < -0.39 is 0 Å². The molecule has 1 atom stereocenters. The Labute approximate surface area is 101 Å². The molecule has 0 fully saturated rings. The second kappa shape index (κ2) is 6.10. The molecule has 0 bridgehead atoms. The van der Waals surface area contributed by atoms with Crippen LogP contribution in [0.2, 0.25) is 0 Å². The molecule has 0 heterocycles. The van der Waals surface area contributed by atoms with Gasteiger partial charge in [0.2, 0.25) is 0 Å². The molecule has 1 aromatic rings. The van der Waals surface area contributed by atoms with Gasteiger partial charge in [-0.3, -0.25) is 0 Å². The van der Waals surface area contributed by atoms with Crippen LogP contribution in [0.3, 0.4) is 0 Å². The lowest BCUT2D eigenvalue weighted by atomic mass is 10.1. The van der Waals surface area contributed by atoms with Crippen LogP contribution >= 0.6 is 0 Å². The van der Waals surface area contributed by atoms with Crippen molar-refractivity contribution in [2.45, 2.75) is 13.0 Å². The Hall–Kier alpha value is -1.75. The number of ether oxygens (including phenoxy) is 1. The smallest absolute Gasteiger partial charge is 0.170 e. The van der Waals surface area contributed by atoms with E-state index >= 15 is 0 Å². The van der Waals surface area contributed by atoms with E-state index in [1.165, 1.54) is 0 Å². The summed E-state index contributed by atoms with van der Waals surface area (Å²) in [5.74, 6) is 0.111. The van der Waals surface area contributed by atoms with Crippen LogP contribution in [0.1, 0.15) is 12.5 Å². The maximum atomic E-state index is 8.63. The summed E-state index contributed by atoms with van der Waals surface area (Å²) in [6, 6.07) is 7.51. The third-order valence-corrected chi connectivity index (χ3v) is 2.62. The quantitative estimate of drug-likeness (QED) is 0.350. The average Bonchev–Trinajstić information content (AvgIpc) is 2.37. The maximum absolute atomic E-state index is 8.63. The fourth-order valence-electron chi connectivity index (χ4n) is 1.53. The van der Waals surface area contributed by atoms with E-state index in [0.29, 0.717) is 5.56 Å². The number of hydrogen-bond acceptors (Lipinski definition) is 4. The molecule has 0 amide bonds. The van der Waals surface area contributed by atoms with E-state index in [0.717, 1.165) is 12.2 Å². The van der Waals surface area contributed by atoms with E-state index in [4.69, 9.17) is 15.7 Å². The number of amidine groups is 1. The van der Waals surface area contributed by atoms with Gasteiger partial charge >= 0.3 is 0 Å². The minimum absolute atomic E-state index is 0.111. The molecule has 5 nitrogen and oxygen atoms in total. The highest BCUT2D eigenvalue weighted by atomic mass is 16.5. The number of benzene rings is 1. The molecular formula is C12H19N3O2. The van der Waals surface area contributed by atoms with Gasteiger partial charge in [-0.05, 0) is 19.1 Å². The van der Waals surface area contributed by atoms with Crippen molar-refractivity contribution in [2.75, 3.05) is 25.6 Å². The van der Waals surface area contributed by atoms with Crippen LogP contribution in [0.15, 0.2) is 29.4 Å². The Morgan fingerprint density at radius 2 is 2.29 bits per heavy atom.